The van der Waals surface area contributed by atoms with Gasteiger partial charge in [-0.3, -0.25) is 4.79 Å². The lowest BCUT2D eigenvalue weighted by Crippen LogP contribution is -2.28. The van der Waals surface area contributed by atoms with Gasteiger partial charge in [-0.15, -0.1) is 0 Å². The average molecular weight is 278 g/mol. The van der Waals surface area contributed by atoms with Crippen molar-refractivity contribution in [2.24, 2.45) is 0 Å². The zero-order chi connectivity index (χ0) is 15.2. The van der Waals surface area contributed by atoms with Crippen LogP contribution >= 0.6 is 0 Å². The van der Waals surface area contributed by atoms with Gasteiger partial charge in [0.15, 0.2) is 0 Å². The first-order valence-corrected chi connectivity index (χ1v) is 7.03. The van der Waals surface area contributed by atoms with E-state index in [0.717, 1.165) is 17.8 Å². The Morgan fingerprint density at radius 2 is 2.05 bits per heavy atom. The first-order valence-electron chi connectivity index (χ1n) is 7.03. The Morgan fingerprint density at radius 3 is 2.65 bits per heavy atom. The Hall–Kier alpha value is -1.39. The molecule has 0 saturated carbocycles. The fraction of sp³-hybridized carbons (Fsp3) is 0.562. The molecule has 1 amide bonds. The summed E-state index contributed by atoms with van der Waals surface area (Å²) in [6.07, 6.45) is 0. The molecule has 0 aromatic heterocycles. The van der Waals surface area contributed by atoms with E-state index in [-0.39, 0.29) is 17.6 Å². The van der Waals surface area contributed by atoms with E-state index in [2.05, 4.69) is 17.6 Å². The van der Waals surface area contributed by atoms with Crippen LogP contribution in [0.15, 0.2) is 24.3 Å². The second-order valence-corrected chi connectivity index (χ2v) is 5.94. The van der Waals surface area contributed by atoms with Crippen molar-refractivity contribution in [1.29, 1.82) is 0 Å². The molecule has 0 spiro atoms. The van der Waals surface area contributed by atoms with Crippen molar-refractivity contribution in [1.82, 2.24) is 5.32 Å². The molecule has 1 rings (SSSR count). The van der Waals surface area contributed by atoms with E-state index in [9.17, 15) is 4.79 Å². The minimum atomic E-state index is -0.101. The number of carbonyl (C=O) groups excluding carboxylic acids is 1. The highest BCUT2D eigenvalue weighted by Gasteiger charge is 2.10. The lowest BCUT2D eigenvalue weighted by atomic mass is 10.1. The van der Waals surface area contributed by atoms with Gasteiger partial charge in [-0.1, -0.05) is 12.1 Å². The topological polar surface area (TPSA) is 50.4 Å². The summed E-state index contributed by atoms with van der Waals surface area (Å²) in [5, 5.41) is 6.21. The summed E-state index contributed by atoms with van der Waals surface area (Å²) < 4.78 is 5.67. The number of hydrogen-bond donors (Lipinski definition) is 2. The summed E-state index contributed by atoms with van der Waals surface area (Å²) in [5.41, 5.74) is 1.87. The molecule has 0 aliphatic rings. The summed E-state index contributed by atoms with van der Waals surface area (Å²) in [5.74, 6) is -0.0543. The monoisotopic (exact) mass is 278 g/mol. The van der Waals surface area contributed by atoms with Crippen LogP contribution in [-0.2, 0) is 9.53 Å². The molecular weight excluding hydrogens is 252 g/mol. The van der Waals surface area contributed by atoms with Crippen molar-refractivity contribution >= 4 is 11.6 Å². The van der Waals surface area contributed by atoms with Crippen LogP contribution in [-0.4, -0.2) is 24.7 Å². The van der Waals surface area contributed by atoms with Gasteiger partial charge in [-0.05, 0) is 45.4 Å². The first kappa shape index (κ1) is 16.7. The smallest absolute Gasteiger partial charge is 0.221 e. The Morgan fingerprint density at radius 1 is 1.35 bits per heavy atom. The largest absolute Gasteiger partial charge is 0.375 e. The molecule has 0 bridgehead atoms. The van der Waals surface area contributed by atoms with Crippen LogP contribution in [0, 0.1) is 0 Å². The van der Waals surface area contributed by atoms with Gasteiger partial charge >= 0.3 is 0 Å². The summed E-state index contributed by atoms with van der Waals surface area (Å²) in [7, 11) is 0. The number of amides is 1. The Bertz CT molecular complexity index is 438. The standard InChI is InChI=1S/C16H26N2O2/c1-12(17-9-10-20-16(3,4)5)14-7-6-8-15(11-14)18-13(2)19/h6-8,11-12,17H,9-10H2,1-5H3,(H,18,19). The molecule has 20 heavy (non-hydrogen) atoms. The zero-order valence-electron chi connectivity index (χ0n) is 13.1. The predicted molar refractivity (Wildman–Crippen MR) is 82.9 cm³/mol. The number of benzene rings is 1. The number of hydrogen-bond acceptors (Lipinski definition) is 3. The summed E-state index contributed by atoms with van der Waals surface area (Å²) in [4.78, 5) is 11.1. The molecule has 112 valence electrons. The average Bonchev–Trinajstić information content (AvgIpc) is 2.32. The van der Waals surface area contributed by atoms with E-state index in [4.69, 9.17) is 4.74 Å². The maximum absolute atomic E-state index is 11.1. The Labute approximate surface area is 121 Å². The quantitative estimate of drug-likeness (QED) is 0.786. The van der Waals surface area contributed by atoms with Gasteiger partial charge in [0, 0.05) is 25.2 Å². The van der Waals surface area contributed by atoms with Gasteiger partial charge in [-0.2, -0.15) is 0 Å². The second-order valence-electron chi connectivity index (χ2n) is 5.94. The van der Waals surface area contributed by atoms with Crippen LogP contribution in [0.2, 0.25) is 0 Å². The van der Waals surface area contributed by atoms with Gasteiger partial charge in [0.05, 0.1) is 12.2 Å². The highest BCUT2D eigenvalue weighted by atomic mass is 16.5. The van der Waals surface area contributed by atoms with E-state index in [0.29, 0.717) is 6.61 Å². The van der Waals surface area contributed by atoms with E-state index in [1.165, 1.54) is 6.92 Å². The van der Waals surface area contributed by atoms with E-state index in [1.807, 2.05) is 45.0 Å². The van der Waals surface area contributed by atoms with Crippen molar-refractivity contribution in [3.05, 3.63) is 29.8 Å². The predicted octanol–water partition coefficient (Wildman–Crippen LogP) is 3.11. The van der Waals surface area contributed by atoms with Gasteiger partial charge in [-0.25, -0.2) is 0 Å². The minimum absolute atomic E-state index is 0.0543. The molecule has 0 radical (unpaired) electrons. The van der Waals surface area contributed by atoms with E-state index >= 15 is 0 Å². The van der Waals surface area contributed by atoms with Gasteiger partial charge in [0.2, 0.25) is 5.91 Å². The maximum Gasteiger partial charge on any atom is 0.221 e. The molecular formula is C16H26N2O2. The molecule has 1 unspecified atom stereocenters. The third-order valence-corrected chi connectivity index (χ3v) is 2.79. The van der Waals surface area contributed by atoms with Crippen molar-refractivity contribution in [3.8, 4) is 0 Å². The number of anilines is 1. The van der Waals surface area contributed by atoms with E-state index in [1.54, 1.807) is 0 Å². The SMILES string of the molecule is CC(=O)Nc1cccc(C(C)NCCOC(C)(C)C)c1. The number of nitrogens with one attached hydrogen (secondary N) is 2. The van der Waals surface area contributed by atoms with Crippen LogP contribution in [0.1, 0.15) is 46.2 Å². The maximum atomic E-state index is 11.1. The molecule has 0 aliphatic carbocycles. The number of ether oxygens (including phenoxy) is 1. The highest BCUT2D eigenvalue weighted by molar-refractivity contribution is 5.88. The molecule has 4 nitrogen and oxygen atoms in total. The molecule has 4 heteroatoms. The lowest BCUT2D eigenvalue weighted by molar-refractivity contribution is -0.114. The summed E-state index contributed by atoms with van der Waals surface area (Å²) >= 11 is 0. The lowest BCUT2D eigenvalue weighted by Gasteiger charge is -2.21. The highest BCUT2D eigenvalue weighted by Crippen LogP contribution is 2.17. The summed E-state index contributed by atoms with van der Waals surface area (Å²) in [6.45, 7) is 11.2. The molecule has 0 heterocycles. The fourth-order valence-corrected chi connectivity index (χ4v) is 1.84. The van der Waals surface area contributed by atoms with Crippen LogP contribution in [0.5, 0.6) is 0 Å². The normalized spacial score (nSPS) is 13.1. The van der Waals surface area contributed by atoms with E-state index < -0.39 is 0 Å². The third kappa shape index (κ3) is 6.68. The van der Waals surface area contributed by atoms with Gasteiger partial charge in [0.25, 0.3) is 0 Å². The Balaban J connectivity index is 2.46. The van der Waals surface area contributed by atoms with Crippen LogP contribution in [0.25, 0.3) is 0 Å². The van der Waals surface area contributed by atoms with Crippen molar-refractivity contribution in [3.63, 3.8) is 0 Å². The summed E-state index contributed by atoms with van der Waals surface area (Å²) in [6, 6.07) is 8.09. The zero-order valence-corrected chi connectivity index (χ0v) is 13.1. The second kappa shape index (κ2) is 7.41. The van der Waals surface area contributed by atoms with Crippen LogP contribution in [0.4, 0.5) is 5.69 Å². The number of carbonyl (C=O) groups is 1. The molecule has 0 saturated heterocycles. The third-order valence-electron chi connectivity index (χ3n) is 2.79. The van der Waals surface area contributed by atoms with Crippen LogP contribution < -0.4 is 10.6 Å². The fourth-order valence-electron chi connectivity index (χ4n) is 1.84. The van der Waals surface area contributed by atoms with Crippen molar-refractivity contribution < 1.29 is 9.53 Å². The van der Waals surface area contributed by atoms with Crippen LogP contribution in [0.3, 0.4) is 0 Å². The molecule has 1 aromatic carbocycles. The number of rotatable bonds is 6. The van der Waals surface area contributed by atoms with Crippen molar-refractivity contribution in [2.75, 3.05) is 18.5 Å². The molecule has 1 atom stereocenters. The van der Waals surface area contributed by atoms with Crippen molar-refractivity contribution in [2.45, 2.75) is 46.3 Å². The minimum Gasteiger partial charge on any atom is -0.375 e. The first-order chi connectivity index (χ1) is 9.28. The molecule has 2 N–H and O–H groups in total. The molecule has 0 fully saturated rings. The van der Waals surface area contributed by atoms with Gasteiger partial charge < -0.3 is 15.4 Å². The Kier molecular flexibility index (Phi) is 6.17. The molecule has 1 aromatic rings. The molecule has 0 aliphatic heterocycles. The van der Waals surface area contributed by atoms with Gasteiger partial charge in [0.1, 0.15) is 0 Å².